The van der Waals surface area contributed by atoms with Gasteiger partial charge < -0.3 is 19.7 Å². The van der Waals surface area contributed by atoms with E-state index in [1.165, 1.54) is 0 Å². The minimum atomic E-state index is -0.279. The van der Waals surface area contributed by atoms with Crippen molar-refractivity contribution in [3.05, 3.63) is 35.9 Å². The first-order valence-electron chi connectivity index (χ1n) is 12.1. The summed E-state index contributed by atoms with van der Waals surface area (Å²) in [6.07, 6.45) is 7.18. The number of nitrogens with zero attached hydrogens (tertiary/aromatic N) is 3. The van der Waals surface area contributed by atoms with Crippen molar-refractivity contribution in [2.24, 2.45) is 16.9 Å². The molecular weight excluding hydrogens is 432 g/mol. The lowest BCUT2D eigenvalue weighted by atomic mass is 9.76. The standard InChI is InChI=1S/C26H36N4O4/c1-26(2,3)27-25(32)29-14-12-18(13-15-29)30-24(31)20-9-7-6-8-19(20)23(28-30)17-10-11-21(33-4)22(16-17)34-5/h6-7,10-11,16,18-20H,8-9,12-15H2,1-5H3,(H,27,32). The first-order chi connectivity index (χ1) is 16.2. The van der Waals surface area contributed by atoms with Crippen molar-refractivity contribution in [2.45, 2.75) is 58.0 Å². The van der Waals surface area contributed by atoms with Crippen molar-refractivity contribution in [1.29, 1.82) is 0 Å². The zero-order chi connectivity index (χ0) is 24.5. The van der Waals surface area contributed by atoms with E-state index in [1.54, 1.807) is 19.2 Å². The van der Waals surface area contributed by atoms with E-state index in [2.05, 4.69) is 17.5 Å². The summed E-state index contributed by atoms with van der Waals surface area (Å²) >= 11 is 0. The first kappa shape index (κ1) is 24.1. The van der Waals surface area contributed by atoms with Crippen LogP contribution in [-0.2, 0) is 4.79 Å². The Balaban J connectivity index is 1.58. The van der Waals surface area contributed by atoms with Gasteiger partial charge in [-0.3, -0.25) is 4.79 Å². The molecule has 0 bridgehead atoms. The molecule has 8 heteroatoms. The zero-order valence-corrected chi connectivity index (χ0v) is 20.8. The van der Waals surface area contributed by atoms with Crippen molar-refractivity contribution >= 4 is 17.6 Å². The van der Waals surface area contributed by atoms with Crippen LogP contribution in [0.3, 0.4) is 0 Å². The predicted octanol–water partition coefficient (Wildman–Crippen LogP) is 3.81. The Hall–Kier alpha value is -3.03. The number of hydrogen-bond acceptors (Lipinski definition) is 5. The highest BCUT2D eigenvalue weighted by molar-refractivity contribution is 6.07. The van der Waals surface area contributed by atoms with Gasteiger partial charge in [-0.2, -0.15) is 5.10 Å². The summed E-state index contributed by atoms with van der Waals surface area (Å²) in [5.41, 5.74) is 1.59. The highest BCUT2D eigenvalue weighted by atomic mass is 16.5. The molecule has 2 unspecified atom stereocenters. The number of benzene rings is 1. The third-order valence-corrected chi connectivity index (χ3v) is 6.80. The van der Waals surface area contributed by atoms with Gasteiger partial charge in [0.25, 0.3) is 0 Å². The quantitative estimate of drug-likeness (QED) is 0.682. The number of fused-ring (bicyclic) bond motifs is 1. The van der Waals surface area contributed by atoms with Crippen molar-refractivity contribution < 1.29 is 19.1 Å². The molecule has 1 aromatic carbocycles. The molecule has 4 rings (SSSR count). The van der Waals surface area contributed by atoms with E-state index in [-0.39, 0.29) is 35.4 Å². The highest BCUT2D eigenvalue weighted by Crippen LogP contribution is 2.38. The third kappa shape index (κ3) is 4.91. The lowest BCUT2D eigenvalue weighted by Crippen LogP contribution is -2.55. The van der Waals surface area contributed by atoms with E-state index < -0.39 is 0 Å². The molecule has 1 aliphatic carbocycles. The van der Waals surface area contributed by atoms with Crippen LogP contribution in [0.4, 0.5) is 4.79 Å². The maximum absolute atomic E-state index is 13.5. The summed E-state index contributed by atoms with van der Waals surface area (Å²) < 4.78 is 10.9. The number of piperidine rings is 1. The maximum atomic E-state index is 13.5. The van der Waals surface area contributed by atoms with Crippen LogP contribution in [0.5, 0.6) is 11.5 Å². The Labute approximate surface area is 202 Å². The molecule has 0 saturated carbocycles. The molecule has 2 atom stereocenters. The minimum Gasteiger partial charge on any atom is -0.493 e. The van der Waals surface area contributed by atoms with Gasteiger partial charge in [0, 0.05) is 30.1 Å². The second-order valence-corrected chi connectivity index (χ2v) is 10.3. The molecule has 0 spiro atoms. The number of amides is 3. The van der Waals surface area contributed by atoms with E-state index in [4.69, 9.17) is 14.6 Å². The fourth-order valence-corrected chi connectivity index (χ4v) is 5.04. The fourth-order valence-electron chi connectivity index (χ4n) is 5.04. The molecule has 1 fully saturated rings. The van der Waals surface area contributed by atoms with Crippen LogP contribution in [0.15, 0.2) is 35.5 Å². The van der Waals surface area contributed by atoms with Gasteiger partial charge in [0.15, 0.2) is 11.5 Å². The van der Waals surface area contributed by atoms with Crippen LogP contribution in [-0.4, -0.2) is 66.4 Å². The van der Waals surface area contributed by atoms with Crippen molar-refractivity contribution in [2.75, 3.05) is 27.3 Å². The first-order valence-corrected chi connectivity index (χ1v) is 12.1. The second-order valence-electron chi connectivity index (χ2n) is 10.3. The number of hydrazone groups is 1. The van der Waals surface area contributed by atoms with Gasteiger partial charge in [-0.15, -0.1) is 0 Å². The number of carbonyl (C=O) groups is 2. The SMILES string of the molecule is COc1ccc(C2=NN(C3CCN(C(=O)NC(C)(C)C)CC3)C(=O)C3CC=CCC23)cc1OC. The van der Waals surface area contributed by atoms with Crippen LogP contribution < -0.4 is 14.8 Å². The highest BCUT2D eigenvalue weighted by Gasteiger charge is 2.43. The van der Waals surface area contributed by atoms with Gasteiger partial charge in [0.2, 0.25) is 5.91 Å². The predicted molar refractivity (Wildman–Crippen MR) is 131 cm³/mol. The number of methoxy groups -OCH3 is 2. The summed E-state index contributed by atoms with van der Waals surface area (Å²) in [6.45, 7) is 7.13. The lowest BCUT2D eigenvalue weighted by Gasteiger charge is -2.42. The summed E-state index contributed by atoms with van der Waals surface area (Å²) in [5.74, 6) is 1.33. The monoisotopic (exact) mass is 468 g/mol. The average molecular weight is 469 g/mol. The number of allylic oxidation sites excluding steroid dienone is 2. The molecule has 1 saturated heterocycles. The van der Waals surface area contributed by atoms with Gasteiger partial charge in [0.1, 0.15) is 0 Å². The topological polar surface area (TPSA) is 83.5 Å². The molecule has 2 heterocycles. The van der Waals surface area contributed by atoms with Gasteiger partial charge in [-0.1, -0.05) is 12.2 Å². The minimum absolute atomic E-state index is 0.0202. The van der Waals surface area contributed by atoms with Crippen molar-refractivity contribution in [1.82, 2.24) is 15.2 Å². The smallest absolute Gasteiger partial charge is 0.317 e. The van der Waals surface area contributed by atoms with Gasteiger partial charge >= 0.3 is 6.03 Å². The Bertz CT molecular complexity index is 989. The largest absolute Gasteiger partial charge is 0.493 e. The number of rotatable bonds is 4. The maximum Gasteiger partial charge on any atom is 0.317 e. The molecule has 0 radical (unpaired) electrons. The van der Waals surface area contributed by atoms with E-state index in [9.17, 15) is 9.59 Å². The lowest BCUT2D eigenvalue weighted by molar-refractivity contribution is -0.141. The normalized spacial score (nSPS) is 23.3. The van der Waals surface area contributed by atoms with Crippen LogP contribution in [0.1, 0.15) is 52.0 Å². The van der Waals surface area contributed by atoms with Gasteiger partial charge in [-0.25, -0.2) is 9.80 Å². The summed E-state index contributed by atoms with van der Waals surface area (Å²) in [4.78, 5) is 27.9. The van der Waals surface area contributed by atoms with Gasteiger partial charge in [0.05, 0.1) is 31.9 Å². The molecule has 3 aliphatic rings. The number of nitrogens with one attached hydrogen (secondary N) is 1. The summed E-state index contributed by atoms with van der Waals surface area (Å²) in [6, 6.07) is 5.75. The molecule has 8 nitrogen and oxygen atoms in total. The summed E-state index contributed by atoms with van der Waals surface area (Å²) in [7, 11) is 3.24. The van der Waals surface area contributed by atoms with E-state index >= 15 is 0 Å². The Kier molecular flexibility index (Phi) is 6.86. The molecule has 0 aromatic heterocycles. The molecule has 1 aromatic rings. The molecule has 184 valence electrons. The zero-order valence-electron chi connectivity index (χ0n) is 20.8. The summed E-state index contributed by atoms with van der Waals surface area (Å²) in [5, 5.41) is 9.69. The van der Waals surface area contributed by atoms with Crippen LogP contribution in [0.2, 0.25) is 0 Å². The molecular formula is C26H36N4O4. The number of ether oxygens (including phenoxy) is 2. The molecule has 1 N–H and O–H groups in total. The Morgan fingerprint density at radius 1 is 1.03 bits per heavy atom. The number of urea groups is 1. The van der Waals surface area contributed by atoms with E-state index in [1.807, 2.05) is 43.9 Å². The van der Waals surface area contributed by atoms with Crippen LogP contribution in [0.25, 0.3) is 0 Å². The molecule has 34 heavy (non-hydrogen) atoms. The Morgan fingerprint density at radius 3 is 2.29 bits per heavy atom. The Morgan fingerprint density at radius 2 is 1.68 bits per heavy atom. The van der Waals surface area contributed by atoms with Crippen LogP contribution in [0, 0.1) is 11.8 Å². The van der Waals surface area contributed by atoms with Crippen molar-refractivity contribution in [3.63, 3.8) is 0 Å². The number of carbonyl (C=O) groups excluding carboxylic acids is 2. The third-order valence-electron chi connectivity index (χ3n) is 6.80. The molecule has 2 aliphatic heterocycles. The molecule has 3 amide bonds. The van der Waals surface area contributed by atoms with Gasteiger partial charge in [-0.05, 0) is 64.7 Å². The number of likely N-dealkylation sites (tertiary alicyclic amines) is 1. The number of hydrogen-bond donors (Lipinski definition) is 1. The average Bonchev–Trinajstić information content (AvgIpc) is 2.83. The van der Waals surface area contributed by atoms with E-state index in [0.717, 1.165) is 24.1 Å². The van der Waals surface area contributed by atoms with Crippen molar-refractivity contribution in [3.8, 4) is 11.5 Å². The van der Waals surface area contributed by atoms with E-state index in [0.29, 0.717) is 37.4 Å². The van der Waals surface area contributed by atoms with Crippen LogP contribution >= 0.6 is 0 Å². The second kappa shape index (κ2) is 9.68. The fraction of sp³-hybridized carbons (Fsp3) is 0.577.